The van der Waals surface area contributed by atoms with Crippen molar-refractivity contribution in [1.29, 1.82) is 0 Å². The first kappa shape index (κ1) is 29.2. The molecule has 2 heterocycles. The molecule has 0 fully saturated rings. The first-order valence-corrected chi connectivity index (χ1v) is 19.8. The van der Waals surface area contributed by atoms with Gasteiger partial charge in [0.25, 0.3) is 0 Å². The summed E-state index contributed by atoms with van der Waals surface area (Å²) in [5.74, 6) is 1.97. The highest BCUT2D eigenvalue weighted by Gasteiger charge is 2.38. The Balaban J connectivity index is 1.14. The predicted molar refractivity (Wildman–Crippen MR) is 207 cm³/mol. The van der Waals surface area contributed by atoms with Gasteiger partial charge in [-0.15, -0.1) is 0 Å². The molecule has 49 heavy (non-hydrogen) atoms. The Morgan fingerprint density at radius 3 is 1.67 bits per heavy atom. The summed E-state index contributed by atoms with van der Waals surface area (Å²) in [7, 11) is -1.78. The predicted octanol–water partition coefficient (Wildman–Crippen LogP) is 10.2. The molecule has 0 bridgehead atoms. The molecule has 4 heteroatoms. The molecule has 1 aliphatic heterocycles. The van der Waals surface area contributed by atoms with Crippen molar-refractivity contribution >= 4 is 29.2 Å². The second-order valence-corrected chi connectivity index (χ2v) is 17.6. The van der Waals surface area contributed by atoms with Crippen molar-refractivity contribution in [2.24, 2.45) is 0 Å². The molecule has 0 N–H and O–H groups in total. The second kappa shape index (κ2) is 11.6. The molecular weight excluding hydrogens is 611 g/mol. The third-order valence-corrected chi connectivity index (χ3v) is 13.5. The van der Waals surface area contributed by atoms with Crippen molar-refractivity contribution in [3.05, 3.63) is 164 Å². The molecule has 0 radical (unpaired) electrons. The molecule has 1 aromatic heterocycles. The maximum absolute atomic E-state index is 5.09. The van der Waals surface area contributed by atoms with E-state index in [1.54, 1.807) is 0 Å². The second-order valence-electron chi connectivity index (χ2n) is 13.3. The van der Waals surface area contributed by atoms with Gasteiger partial charge in [-0.25, -0.2) is 15.0 Å². The number of hydrogen-bond donors (Lipinski definition) is 0. The molecule has 0 atom stereocenters. The fourth-order valence-electron chi connectivity index (χ4n) is 7.35. The normalized spacial score (nSPS) is 12.9. The number of nitrogens with zero attached hydrogens (tertiary/aromatic N) is 3. The summed E-state index contributed by atoms with van der Waals surface area (Å²) in [5.41, 5.74) is 10.4. The van der Waals surface area contributed by atoms with Crippen molar-refractivity contribution in [2.45, 2.75) is 13.1 Å². The van der Waals surface area contributed by atoms with E-state index in [9.17, 15) is 0 Å². The van der Waals surface area contributed by atoms with Crippen LogP contribution in [0.2, 0.25) is 13.1 Å². The van der Waals surface area contributed by atoms with E-state index in [1.807, 2.05) is 18.2 Å². The Kier molecular flexibility index (Phi) is 6.92. The largest absolute Gasteiger partial charge is 0.208 e. The van der Waals surface area contributed by atoms with Crippen LogP contribution in [0.25, 0.3) is 78.3 Å². The summed E-state index contributed by atoms with van der Waals surface area (Å²) < 4.78 is 0. The number of aromatic nitrogens is 3. The number of benzene rings is 7. The lowest BCUT2D eigenvalue weighted by atomic mass is 9.93. The van der Waals surface area contributed by atoms with Gasteiger partial charge in [-0.3, -0.25) is 0 Å². The number of fused-ring (bicyclic) bond motifs is 4. The third kappa shape index (κ3) is 5.09. The fourth-order valence-corrected chi connectivity index (χ4v) is 10.4. The lowest BCUT2D eigenvalue weighted by Gasteiger charge is -2.19. The van der Waals surface area contributed by atoms with Crippen LogP contribution in [0.1, 0.15) is 0 Å². The molecule has 9 rings (SSSR count). The highest BCUT2D eigenvalue weighted by molar-refractivity contribution is 7.04. The van der Waals surface area contributed by atoms with E-state index in [-0.39, 0.29) is 0 Å². The smallest absolute Gasteiger partial charge is 0.164 e. The minimum atomic E-state index is -1.78. The van der Waals surface area contributed by atoms with Crippen LogP contribution in [0.15, 0.2) is 164 Å². The lowest BCUT2D eigenvalue weighted by molar-refractivity contribution is 1.07. The van der Waals surface area contributed by atoms with Gasteiger partial charge in [-0.2, -0.15) is 0 Å². The standard InChI is InChI=1S/C45H33N3Si/c1-49(2)40-20-9-8-18-39(40)42-38(19-11-21-41(42)49)36-16-10-17-37(29-36)45-47-43(32-13-4-3-5-14-32)46-44(48-45)33-25-22-31(23-26-33)35-27-24-30-12-6-7-15-34(30)28-35/h3-29H,1-2H3. The van der Waals surface area contributed by atoms with Crippen molar-refractivity contribution in [3.63, 3.8) is 0 Å². The van der Waals surface area contributed by atoms with E-state index in [0.717, 1.165) is 22.3 Å². The molecule has 3 nitrogen and oxygen atoms in total. The third-order valence-electron chi connectivity index (χ3n) is 9.93. The zero-order valence-corrected chi connectivity index (χ0v) is 28.4. The zero-order valence-electron chi connectivity index (χ0n) is 27.4. The average Bonchev–Trinajstić information content (AvgIpc) is 3.41. The minimum Gasteiger partial charge on any atom is -0.208 e. The molecule has 7 aromatic carbocycles. The minimum absolute atomic E-state index is 0.654. The van der Waals surface area contributed by atoms with Gasteiger partial charge in [0.2, 0.25) is 0 Å². The van der Waals surface area contributed by atoms with E-state index < -0.39 is 8.07 Å². The first-order chi connectivity index (χ1) is 24.0. The molecule has 0 saturated carbocycles. The molecule has 0 unspecified atom stereocenters. The van der Waals surface area contributed by atoms with Crippen LogP contribution in [0.3, 0.4) is 0 Å². The summed E-state index contributed by atoms with van der Waals surface area (Å²) in [4.78, 5) is 15.1. The van der Waals surface area contributed by atoms with Crippen LogP contribution in [-0.4, -0.2) is 23.0 Å². The summed E-state index contributed by atoms with van der Waals surface area (Å²) in [5, 5.41) is 5.48. The van der Waals surface area contributed by atoms with E-state index in [1.165, 1.54) is 49.0 Å². The SMILES string of the molecule is C[Si]1(C)c2ccccc2-c2c(-c3cccc(-c4nc(-c5ccccc5)nc(-c5ccc(-c6ccc7ccccc7c6)cc5)n4)c3)cccc21. The fraction of sp³-hybridized carbons (Fsp3) is 0.0444. The van der Waals surface area contributed by atoms with Crippen LogP contribution >= 0.6 is 0 Å². The quantitative estimate of drug-likeness (QED) is 0.175. The maximum Gasteiger partial charge on any atom is 0.164 e. The Bertz CT molecular complexity index is 2520. The highest BCUT2D eigenvalue weighted by Crippen LogP contribution is 2.38. The molecular formula is C45H33N3Si. The molecule has 1 aliphatic rings. The van der Waals surface area contributed by atoms with Crippen LogP contribution in [-0.2, 0) is 0 Å². The van der Waals surface area contributed by atoms with Gasteiger partial charge in [-0.05, 0) is 66.7 Å². The monoisotopic (exact) mass is 643 g/mol. The number of hydrogen-bond acceptors (Lipinski definition) is 3. The Morgan fingerprint density at radius 2 is 0.878 bits per heavy atom. The van der Waals surface area contributed by atoms with E-state index in [0.29, 0.717) is 17.5 Å². The van der Waals surface area contributed by atoms with Gasteiger partial charge in [-0.1, -0.05) is 165 Å². The van der Waals surface area contributed by atoms with Gasteiger partial charge in [0, 0.05) is 16.7 Å². The molecule has 0 saturated heterocycles. The van der Waals surface area contributed by atoms with Crippen molar-refractivity contribution in [1.82, 2.24) is 15.0 Å². The lowest BCUT2D eigenvalue weighted by Crippen LogP contribution is -2.49. The van der Waals surface area contributed by atoms with Crippen molar-refractivity contribution in [3.8, 4) is 67.5 Å². The average molecular weight is 644 g/mol. The summed E-state index contributed by atoms with van der Waals surface area (Å²) >= 11 is 0. The summed E-state index contributed by atoms with van der Waals surface area (Å²) in [6.45, 7) is 4.92. The van der Waals surface area contributed by atoms with Gasteiger partial charge in [0.05, 0.1) is 0 Å². The topological polar surface area (TPSA) is 38.7 Å². The van der Waals surface area contributed by atoms with Crippen molar-refractivity contribution in [2.75, 3.05) is 0 Å². The summed E-state index contributed by atoms with van der Waals surface area (Å²) in [6, 6.07) is 58.3. The molecule has 8 aromatic rings. The Morgan fingerprint density at radius 1 is 0.347 bits per heavy atom. The molecule has 232 valence electrons. The van der Waals surface area contributed by atoms with Crippen LogP contribution in [0.5, 0.6) is 0 Å². The van der Waals surface area contributed by atoms with E-state index in [2.05, 4.69) is 159 Å². The molecule has 0 aliphatic carbocycles. The van der Waals surface area contributed by atoms with Gasteiger partial charge in [0.15, 0.2) is 17.5 Å². The van der Waals surface area contributed by atoms with E-state index >= 15 is 0 Å². The summed E-state index contributed by atoms with van der Waals surface area (Å²) in [6.07, 6.45) is 0. The first-order valence-electron chi connectivity index (χ1n) is 16.8. The van der Waals surface area contributed by atoms with Gasteiger partial charge >= 0.3 is 0 Å². The van der Waals surface area contributed by atoms with Crippen LogP contribution < -0.4 is 10.4 Å². The van der Waals surface area contributed by atoms with Gasteiger partial charge in [0.1, 0.15) is 8.07 Å². The van der Waals surface area contributed by atoms with Crippen LogP contribution in [0.4, 0.5) is 0 Å². The van der Waals surface area contributed by atoms with Crippen LogP contribution in [0, 0.1) is 0 Å². The molecule has 0 amide bonds. The van der Waals surface area contributed by atoms with E-state index in [4.69, 9.17) is 15.0 Å². The Labute approximate surface area is 287 Å². The maximum atomic E-state index is 5.09. The van der Waals surface area contributed by atoms with Gasteiger partial charge < -0.3 is 0 Å². The number of rotatable bonds is 5. The van der Waals surface area contributed by atoms with Crippen molar-refractivity contribution < 1.29 is 0 Å². The molecule has 0 spiro atoms. The highest BCUT2D eigenvalue weighted by atomic mass is 28.3. The zero-order chi connectivity index (χ0) is 33.0. The Hall–Kier alpha value is -5.97.